The van der Waals surface area contributed by atoms with Gasteiger partial charge in [0.2, 0.25) is 0 Å². The van der Waals surface area contributed by atoms with E-state index in [1.807, 2.05) is 26.8 Å². The van der Waals surface area contributed by atoms with Crippen molar-refractivity contribution in [3.63, 3.8) is 0 Å². The number of likely N-dealkylation sites (N-methyl/N-ethyl adjacent to an activating group) is 1. The molecule has 4 nitrogen and oxygen atoms in total. The smallest absolute Gasteiger partial charge is 0.260 e. The predicted octanol–water partition coefficient (Wildman–Crippen LogP) is 1.79. The Kier molecular flexibility index (Phi) is 4.37. The minimum absolute atomic E-state index is 0.119. The normalized spacial score (nSPS) is 12.0. The third kappa shape index (κ3) is 3.37. The summed E-state index contributed by atoms with van der Waals surface area (Å²) in [6.45, 7) is 8.08. The molecule has 0 saturated heterocycles. The second kappa shape index (κ2) is 5.57. The lowest BCUT2D eigenvalue weighted by Crippen LogP contribution is -2.36. The van der Waals surface area contributed by atoms with E-state index in [4.69, 9.17) is 10.5 Å². The van der Waals surface area contributed by atoms with Crippen molar-refractivity contribution < 1.29 is 9.53 Å². The van der Waals surface area contributed by atoms with E-state index in [1.54, 1.807) is 13.0 Å². The van der Waals surface area contributed by atoms with Gasteiger partial charge in [0.15, 0.2) is 6.10 Å². The van der Waals surface area contributed by atoms with Gasteiger partial charge in [-0.25, -0.2) is 0 Å². The quantitative estimate of drug-likeness (QED) is 0.783. The second-order valence-corrected chi connectivity index (χ2v) is 4.13. The zero-order chi connectivity index (χ0) is 13.0. The van der Waals surface area contributed by atoms with Crippen LogP contribution in [-0.4, -0.2) is 18.6 Å². The van der Waals surface area contributed by atoms with E-state index in [1.165, 1.54) is 0 Å². The van der Waals surface area contributed by atoms with Gasteiger partial charge in [-0.2, -0.15) is 0 Å². The molecule has 0 saturated carbocycles. The number of aryl methyl sites for hydroxylation is 2. The van der Waals surface area contributed by atoms with Crippen molar-refractivity contribution in [3.8, 4) is 5.75 Å². The molecule has 1 atom stereocenters. The van der Waals surface area contributed by atoms with Gasteiger partial charge in [0.25, 0.3) is 5.91 Å². The predicted molar refractivity (Wildman–Crippen MR) is 69.1 cm³/mol. The molecule has 4 heteroatoms. The van der Waals surface area contributed by atoms with Gasteiger partial charge in [0, 0.05) is 18.3 Å². The summed E-state index contributed by atoms with van der Waals surface area (Å²) >= 11 is 0. The maximum Gasteiger partial charge on any atom is 0.260 e. The third-order valence-electron chi connectivity index (χ3n) is 2.59. The van der Waals surface area contributed by atoms with Gasteiger partial charge in [-0.1, -0.05) is 6.07 Å². The van der Waals surface area contributed by atoms with Crippen molar-refractivity contribution in [2.24, 2.45) is 0 Å². The molecule has 0 spiro atoms. The number of benzene rings is 1. The summed E-state index contributed by atoms with van der Waals surface area (Å²) in [5.41, 5.74) is 8.49. The molecule has 0 aliphatic heterocycles. The van der Waals surface area contributed by atoms with Crippen molar-refractivity contribution in [3.05, 3.63) is 23.3 Å². The molecule has 0 aliphatic carbocycles. The Bertz CT molecular complexity index is 416. The Hall–Kier alpha value is -1.71. The number of rotatable bonds is 4. The van der Waals surface area contributed by atoms with Gasteiger partial charge in [0.05, 0.1) is 0 Å². The number of nitrogens with two attached hydrogens (primary N) is 1. The summed E-state index contributed by atoms with van der Waals surface area (Å²) in [5.74, 6) is 0.540. The highest BCUT2D eigenvalue weighted by Crippen LogP contribution is 2.25. The minimum Gasteiger partial charge on any atom is -0.481 e. The average molecular weight is 236 g/mol. The van der Waals surface area contributed by atoms with Crippen LogP contribution in [0.25, 0.3) is 0 Å². The van der Waals surface area contributed by atoms with Crippen LogP contribution < -0.4 is 15.8 Å². The number of nitrogens with one attached hydrogen (secondary N) is 1. The van der Waals surface area contributed by atoms with Crippen molar-refractivity contribution in [2.45, 2.75) is 33.8 Å². The summed E-state index contributed by atoms with van der Waals surface area (Å²) in [6, 6.07) is 3.72. The first-order valence-electron chi connectivity index (χ1n) is 5.76. The molecule has 0 aromatic heterocycles. The Morgan fingerprint density at radius 1 is 1.41 bits per heavy atom. The van der Waals surface area contributed by atoms with Crippen LogP contribution in [0.2, 0.25) is 0 Å². The first-order chi connectivity index (χ1) is 7.95. The van der Waals surface area contributed by atoms with Crippen LogP contribution in [0, 0.1) is 13.8 Å². The lowest BCUT2D eigenvalue weighted by molar-refractivity contribution is -0.127. The van der Waals surface area contributed by atoms with Crippen molar-refractivity contribution in [1.29, 1.82) is 0 Å². The highest BCUT2D eigenvalue weighted by molar-refractivity contribution is 5.80. The van der Waals surface area contributed by atoms with Gasteiger partial charge in [-0.05, 0) is 38.8 Å². The van der Waals surface area contributed by atoms with Crippen LogP contribution in [0.15, 0.2) is 12.1 Å². The van der Waals surface area contributed by atoms with E-state index in [2.05, 4.69) is 5.32 Å². The molecule has 1 amide bonds. The van der Waals surface area contributed by atoms with Gasteiger partial charge < -0.3 is 15.8 Å². The zero-order valence-corrected chi connectivity index (χ0v) is 10.8. The molecule has 3 N–H and O–H groups in total. The van der Waals surface area contributed by atoms with E-state index < -0.39 is 6.10 Å². The number of hydrogen-bond acceptors (Lipinski definition) is 3. The molecule has 0 heterocycles. The number of anilines is 1. The van der Waals surface area contributed by atoms with Crippen LogP contribution in [0.4, 0.5) is 5.69 Å². The largest absolute Gasteiger partial charge is 0.481 e. The van der Waals surface area contributed by atoms with Crippen LogP contribution in [0.1, 0.15) is 25.0 Å². The fourth-order valence-electron chi connectivity index (χ4n) is 1.54. The monoisotopic (exact) mass is 236 g/mol. The lowest BCUT2D eigenvalue weighted by Gasteiger charge is -2.16. The molecular weight excluding hydrogens is 216 g/mol. The summed E-state index contributed by atoms with van der Waals surface area (Å²) in [6.07, 6.45) is -0.518. The Morgan fingerprint density at radius 2 is 2.06 bits per heavy atom. The molecule has 0 bridgehead atoms. The summed E-state index contributed by atoms with van der Waals surface area (Å²) in [4.78, 5) is 11.5. The number of ether oxygens (including phenoxy) is 1. The first kappa shape index (κ1) is 13.4. The van der Waals surface area contributed by atoms with Gasteiger partial charge >= 0.3 is 0 Å². The summed E-state index contributed by atoms with van der Waals surface area (Å²) < 4.78 is 5.60. The van der Waals surface area contributed by atoms with E-state index in [0.29, 0.717) is 18.0 Å². The van der Waals surface area contributed by atoms with Gasteiger partial charge in [0.1, 0.15) is 5.75 Å². The van der Waals surface area contributed by atoms with Gasteiger partial charge in [-0.15, -0.1) is 0 Å². The Morgan fingerprint density at radius 3 is 2.65 bits per heavy atom. The maximum atomic E-state index is 11.5. The standard InChI is InChI=1S/C13H20N2O2/c1-5-15-13(16)10(4)17-12-7-11(14)8(2)6-9(12)3/h6-7,10H,5,14H2,1-4H3,(H,15,16). The van der Waals surface area contributed by atoms with Crippen molar-refractivity contribution in [1.82, 2.24) is 5.32 Å². The van der Waals surface area contributed by atoms with E-state index in [9.17, 15) is 4.79 Å². The molecule has 1 aromatic rings. The third-order valence-corrected chi connectivity index (χ3v) is 2.59. The molecule has 1 rings (SSSR count). The lowest BCUT2D eigenvalue weighted by atomic mass is 10.1. The minimum atomic E-state index is -0.518. The second-order valence-electron chi connectivity index (χ2n) is 4.13. The van der Waals surface area contributed by atoms with Crippen LogP contribution in [0.5, 0.6) is 5.75 Å². The number of amides is 1. The molecule has 0 radical (unpaired) electrons. The summed E-state index contributed by atoms with van der Waals surface area (Å²) in [5, 5.41) is 2.72. The highest BCUT2D eigenvalue weighted by atomic mass is 16.5. The van der Waals surface area contributed by atoms with Crippen molar-refractivity contribution in [2.75, 3.05) is 12.3 Å². The number of nitrogen functional groups attached to an aromatic ring is 1. The van der Waals surface area contributed by atoms with Gasteiger partial charge in [-0.3, -0.25) is 4.79 Å². The van der Waals surface area contributed by atoms with E-state index >= 15 is 0 Å². The number of hydrogen-bond donors (Lipinski definition) is 2. The molecule has 1 unspecified atom stereocenters. The zero-order valence-electron chi connectivity index (χ0n) is 10.8. The molecule has 0 aliphatic rings. The fourth-order valence-corrected chi connectivity index (χ4v) is 1.54. The van der Waals surface area contributed by atoms with E-state index in [0.717, 1.165) is 11.1 Å². The summed E-state index contributed by atoms with van der Waals surface area (Å²) in [7, 11) is 0. The maximum absolute atomic E-state index is 11.5. The van der Waals surface area contributed by atoms with Crippen LogP contribution in [0.3, 0.4) is 0 Å². The number of carbonyl (C=O) groups excluding carboxylic acids is 1. The Labute approximate surface area is 102 Å². The molecular formula is C13H20N2O2. The molecule has 1 aromatic carbocycles. The highest BCUT2D eigenvalue weighted by Gasteiger charge is 2.15. The molecule has 94 valence electrons. The van der Waals surface area contributed by atoms with E-state index in [-0.39, 0.29) is 5.91 Å². The Balaban J connectivity index is 2.81. The topological polar surface area (TPSA) is 64.3 Å². The van der Waals surface area contributed by atoms with Crippen molar-refractivity contribution >= 4 is 11.6 Å². The molecule has 17 heavy (non-hydrogen) atoms. The molecule has 0 fully saturated rings. The van der Waals surface area contributed by atoms with Crippen LogP contribution >= 0.6 is 0 Å². The fraction of sp³-hybridized carbons (Fsp3) is 0.462. The first-order valence-corrected chi connectivity index (χ1v) is 5.76. The SMILES string of the molecule is CCNC(=O)C(C)Oc1cc(N)c(C)cc1C. The average Bonchev–Trinajstić information content (AvgIpc) is 2.26. The van der Waals surface area contributed by atoms with Crippen LogP contribution in [-0.2, 0) is 4.79 Å². The number of carbonyl (C=O) groups is 1.